The van der Waals surface area contributed by atoms with Crippen LogP contribution in [0.2, 0.25) is 0 Å². The van der Waals surface area contributed by atoms with Crippen molar-refractivity contribution in [1.82, 2.24) is 24.6 Å². The molecule has 0 aromatic carbocycles. The molecular formula is C24H32N6O4. The predicted octanol–water partition coefficient (Wildman–Crippen LogP) is 3.54. The van der Waals surface area contributed by atoms with E-state index in [1.54, 1.807) is 6.26 Å². The zero-order chi connectivity index (χ0) is 22.7. The van der Waals surface area contributed by atoms with Crippen LogP contribution in [0.4, 0.5) is 11.6 Å². The van der Waals surface area contributed by atoms with Gasteiger partial charge in [-0.05, 0) is 38.5 Å². The molecule has 3 aliphatic rings. The van der Waals surface area contributed by atoms with Gasteiger partial charge in [-0.1, -0.05) is 0 Å². The summed E-state index contributed by atoms with van der Waals surface area (Å²) < 4.78 is 25.0. The lowest BCUT2D eigenvalue weighted by Gasteiger charge is -2.38. The van der Waals surface area contributed by atoms with Gasteiger partial charge in [-0.2, -0.15) is 10.1 Å². The van der Waals surface area contributed by atoms with Gasteiger partial charge in [-0.25, -0.2) is 4.98 Å². The van der Waals surface area contributed by atoms with Crippen molar-refractivity contribution in [2.24, 2.45) is 0 Å². The summed E-state index contributed by atoms with van der Waals surface area (Å²) in [6, 6.07) is 2.84. The lowest BCUT2D eigenvalue weighted by Crippen LogP contribution is -2.46. The maximum absolute atomic E-state index is 6.38. The topological polar surface area (TPSA) is 99.7 Å². The van der Waals surface area contributed by atoms with Gasteiger partial charge in [0.05, 0.1) is 37.4 Å². The minimum Gasteiger partial charge on any atom is -0.472 e. The van der Waals surface area contributed by atoms with Crippen LogP contribution in [0.3, 0.4) is 0 Å². The summed E-state index contributed by atoms with van der Waals surface area (Å²) in [5.74, 6) is 0.988. The molecular weight excluding hydrogens is 436 g/mol. The van der Waals surface area contributed by atoms with E-state index in [9.17, 15) is 0 Å². The van der Waals surface area contributed by atoms with Crippen LogP contribution in [0, 0.1) is 0 Å². The maximum Gasteiger partial charge on any atom is 0.263 e. The molecule has 5 heterocycles. The minimum atomic E-state index is 0.129. The summed E-state index contributed by atoms with van der Waals surface area (Å²) in [4.78, 5) is 11.8. The van der Waals surface area contributed by atoms with Gasteiger partial charge in [0.1, 0.15) is 11.6 Å². The highest BCUT2D eigenvalue weighted by molar-refractivity contribution is 5.79. The van der Waals surface area contributed by atoms with E-state index in [0.717, 1.165) is 89.2 Å². The fourth-order valence-electron chi connectivity index (χ4n) is 5.28. The number of morpholine rings is 1. The monoisotopic (exact) mass is 468 g/mol. The van der Waals surface area contributed by atoms with Gasteiger partial charge >= 0.3 is 0 Å². The van der Waals surface area contributed by atoms with Gasteiger partial charge < -0.3 is 23.9 Å². The van der Waals surface area contributed by atoms with Gasteiger partial charge in [-0.3, -0.25) is 9.58 Å². The lowest BCUT2D eigenvalue weighted by atomic mass is 9.91. The molecule has 10 heteroatoms. The molecule has 0 radical (unpaired) electrons. The Balaban J connectivity index is 1.13. The number of nitrogens with zero attached hydrogens (tertiary/aromatic N) is 5. The van der Waals surface area contributed by atoms with Crippen LogP contribution in [0.1, 0.15) is 44.6 Å². The van der Waals surface area contributed by atoms with Gasteiger partial charge in [-0.15, -0.1) is 0 Å². The molecule has 0 atom stereocenters. The van der Waals surface area contributed by atoms with Crippen LogP contribution < -0.4 is 10.1 Å². The molecule has 34 heavy (non-hydrogen) atoms. The summed E-state index contributed by atoms with van der Waals surface area (Å²) in [6.45, 7) is 5.32. The number of fused-ring (bicyclic) bond motifs is 1. The van der Waals surface area contributed by atoms with Crippen LogP contribution in [0.5, 0.6) is 5.88 Å². The molecule has 2 aliphatic heterocycles. The van der Waals surface area contributed by atoms with E-state index in [1.807, 2.05) is 23.1 Å². The van der Waals surface area contributed by atoms with Crippen molar-refractivity contribution in [3.05, 3.63) is 24.7 Å². The standard InChI is InChI=1S/C24H32N6O4/c1-3-20(4-2-18(1)29-8-13-32-14-9-29)34-23-22-21(7-12-33-22)27-24(28-23)26-17-15-25-30(16-17)19-5-10-31-11-6-19/h7,12,15-16,18-20H,1-6,8-11,13-14H2,(H,26,27,28). The average Bonchev–Trinajstić information content (AvgIpc) is 3.56. The second kappa shape index (κ2) is 9.89. The Morgan fingerprint density at radius 1 is 0.912 bits per heavy atom. The van der Waals surface area contributed by atoms with Crippen molar-refractivity contribution >= 4 is 22.7 Å². The first-order chi connectivity index (χ1) is 16.8. The Hall–Kier alpha value is -2.69. The highest BCUT2D eigenvalue weighted by Crippen LogP contribution is 2.31. The zero-order valence-electron chi connectivity index (χ0n) is 19.4. The van der Waals surface area contributed by atoms with Crippen molar-refractivity contribution in [1.29, 1.82) is 0 Å². The molecule has 0 amide bonds. The molecule has 3 aromatic rings. The van der Waals surface area contributed by atoms with Crippen LogP contribution in [-0.2, 0) is 9.47 Å². The Labute approximate surface area is 198 Å². The van der Waals surface area contributed by atoms with E-state index in [1.165, 1.54) is 0 Å². The van der Waals surface area contributed by atoms with Crippen LogP contribution in [0.15, 0.2) is 29.1 Å². The molecule has 3 aromatic heterocycles. The fourth-order valence-corrected chi connectivity index (χ4v) is 5.28. The largest absolute Gasteiger partial charge is 0.472 e. The summed E-state index contributed by atoms with van der Waals surface area (Å²) in [5, 5.41) is 7.83. The summed E-state index contributed by atoms with van der Waals surface area (Å²) in [6.07, 6.45) is 11.8. The van der Waals surface area contributed by atoms with E-state index in [-0.39, 0.29) is 6.10 Å². The van der Waals surface area contributed by atoms with Crippen molar-refractivity contribution in [3.63, 3.8) is 0 Å². The van der Waals surface area contributed by atoms with E-state index < -0.39 is 0 Å². The number of anilines is 2. The normalized spacial score (nSPS) is 24.9. The SMILES string of the molecule is c1cc2nc(Nc3cnn(C4CCOCC4)c3)nc(OC3CCC(N4CCOCC4)CC3)c2o1. The molecule has 1 N–H and O–H groups in total. The first kappa shape index (κ1) is 21.8. The van der Waals surface area contributed by atoms with Gasteiger partial charge in [0.25, 0.3) is 5.88 Å². The van der Waals surface area contributed by atoms with Crippen LogP contribution in [-0.4, -0.2) is 76.3 Å². The molecule has 10 nitrogen and oxygen atoms in total. The Bertz CT molecular complexity index is 1080. The van der Waals surface area contributed by atoms with E-state index in [2.05, 4.69) is 25.3 Å². The summed E-state index contributed by atoms with van der Waals surface area (Å²) in [5.41, 5.74) is 2.18. The van der Waals surface area contributed by atoms with Gasteiger partial charge in [0, 0.05) is 44.6 Å². The first-order valence-corrected chi connectivity index (χ1v) is 12.4. The number of ether oxygens (including phenoxy) is 3. The molecule has 3 fully saturated rings. The number of nitrogens with one attached hydrogen (secondary N) is 1. The Morgan fingerprint density at radius 2 is 1.71 bits per heavy atom. The Morgan fingerprint density at radius 3 is 2.53 bits per heavy atom. The van der Waals surface area contributed by atoms with E-state index in [4.69, 9.17) is 18.6 Å². The predicted molar refractivity (Wildman–Crippen MR) is 125 cm³/mol. The second-order valence-electron chi connectivity index (χ2n) is 9.36. The molecule has 1 saturated carbocycles. The molecule has 182 valence electrons. The number of furan rings is 1. The molecule has 6 rings (SSSR count). The second-order valence-corrected chi connectivity index (χ2v) is 9.36. The molecule has 1 aliphatic carbocycles. The number of hydrogen-bond donors (Lipinski definition) is 1. The lowest BCUT2D eigenvalue weighted by molar-refractivity contribution is -0.00133. The van der Waals surface area contributed by atoms with Crippen molar-refractivity contribution < 1.29 is 18.6 Å². The van der Waals surface area contributed by atoms with Gasteiger partial charge in [0.2, 0.25) is 11.5 Å². The van der Waals surface area contributed by atoms with Gasteiger partial charge in [0.15, 0.2) is 0 Å². The molecule has 0 unspecified atom stereocenters. The third kappa shape index (κ3) is 4.75. The first-order valence-electron chi connectivity index (χ1n) is 12.4. The molecule has 2 saturated heterocycles. The van der Waals surface area contributed by atoms with E-state index >= 15 is 0 Å². The summed E-state index contributed by atoms with van der Waals surface area (Å²) >= 11 is 0. The van der Waals surface area contributed by atoms with Crippen LogP contribution in [0.25, 0.3) is 11.1 Å². The smallest absolute Gasteiger partial charge is 0.263 e. The van der Waals surface area contributed by atoms with E-state index in [0.29, 0.717) is 29.5 Å². The highest BCUT2D eigenvalue weighted by Gasteiger charge is 2.29. The number of aromatic nitrogens is 4. The summed E-state index contributed by atoms with van der Waals surface area (Å²) in [7, 11) is 0. The molecule has 0 spiro atoms. The molecule has 0 bridgehead atoms. The minimum absolute atomic E-state index is 0.129. The third-order valence-corrected chi connectivity index (χ3v) is 7.18. The fraction of sp³-hybridized carbons (Fsp3) is 0.625. The van der Waals surface area contributed by atoms with Crippen molar-refractivity contribution in [3.8, 4) is 5.88 Å². The van der Waals surface area contributed by atoms with Crippen molar-refractivity contribution in [2.75, 3.05) is 44.8 Å². The average molecular weight is 469 g/mol. The Kier molecular flexibility index (Phi) is 6.35. The number of hydrogen-bond acceptors (Lipinski definition) is 9. The highest BCUT2D eigenvalue weighted by atomic mass is 16.5. The number of rotatable bonds is 6. The van der Waals surface area contributed by atoms with Crippen molar-refractivity contribution in [2.45, 2.75) is 56.7 Å². The third-order valence-electron chi connectivity index (χ3n) is 7.18. The quantitative estimate of drug-likeness (QED) is 0.582. The zero-order valence-corrected chi connectivity index (χ0v) is 19.4. The van der Waals surface area contributed by atoms with Crippen LogP contribution >= 0.6 is 0 Å². The maximum atomic E-state index is 6.38.